The lowest BCUT2D eigenvalue weighted by Crippen LogP contribution is -1.90. The quantitative estimate of drug-likeness (QED) is 0.759. The first-order valence-corrected chi connectivity index (χ1v) is 7.46. The molecule has 2 atom stereocenters. The molecule has 2 aromatic carbocycles. The molecule has 0 saturated heterocycles. The zero-order chi connectivity index (χ0) is 13.9. The second-order valence-corrected chi connectivity index (χ2v) is 5.90. The summed E-state index contributed by atoms with van der Waals surface area (Å²) >= 11 is 0. The highest BCUT2D eigenvalue weighted by Crippen LogP contribution is 2.50. The van der Waals surface area contributed by atoms with Crippen LogP contribution in [0.2, 0.25) is 0 Å². The van der Waals surface area contributed by atoms with Gasteiger partial charge < -0.3 is 4.74 Å². The minimum absolute atomic E-state index is 0.800. The van der Waals surface area contributed by atoms with Gasteiger partial charge in [-0.15, -0.1) is 0 Å². The Kier molecular flexibility index (Phi) is 3.77. The smallest absolute Gasteiger partial charge is 0.118 e. The summed E-state index contributed by atoms with van der Waals surface area (Å²) in [5.74, 6) is 2.62. The molecule has 2 aromatic rings. The molecule has 1 fully saturated rings. The van der Waals surface area contributed by atoms with Crippen LogP contribution < -0.4 is 4.74 Å². The largest absolute Gasteiger partial charge is 0.497 e. The molecule has 0 N–H and O–H groups in total. The monoisotopic (exact) mass is 266 g/mol. The van der Waals surface area contributed by atoms with Gasteiger partial charge in [0, 0.05) is 0 Å². The Labute approximate surface area is 121 Å². The van der Waals surface area contributed by atoms with Gasteiger partial charge in [0.2, 0.25) is 0 Å². The fraction of sp³-hybridized carbons (Fsp3) is 0.368. The maximum atomic E-state index is 5.19. The van der Waals surface area contributed by atoms with Crippen molar-refractivity contribution in [2.45, 2.75) is 32.1 Å². The fourth-order valence-corrected chi connectivity index (χ4v) is 2.93. The normalized spacial score (nSPS) is 20.7. The van der Waals surface area contributed by atoms with Crippen molar-refractivity contribution in [3.05, 3.63) is 65.2 Å². The third-order valence-corrected chi connectivity index (χ3v) is 4.39. The average molecular weight is 266 g/mol. The minimum atomic E-state index is 0.800. The molecule has 1 saturated carbocycles. The summed E-state index contributed by atoms with van der Waals surface area (Å²) in [5, 5.41) is 0. The Bertz CT molecular complexity index is 553. The zero-order valence-electron chi connectivity index (χ0n) is 12.3. The summed E-state index contributed by atoms with van der Waals surface area (Å²) in [6.07, 6.45) is 3.83. The highest BCUT2D eigenvalue weighted by molar-refractivity contribution is 5.30. The molecule has 0 radical (unpaired) electrons. The van der Waals surface area contributed by atoms with Crippen molar-refractivity contribution >= 4 is 0 Å². The molecule has 0 heterocycles. The van der Waals surface area contributed by atoms with Crippen LogP contribution >= 0.6 is 0 Å². The van der Waals surface area contributed by atoms with Gasteiger partial charge in [0.25, 0.3) is 0 Å². The Morgan fingerprint density at radius 2 is 1.70 bits per heavy atom. The van der Waals surface area contributed by atoms with Gasteiger partial charge in [-0.05, 0) is 61.3 Å². The number of hydrogen-bond acceptors (Lipinski definition) is 1. The van der Waals surface area contributed by atoms with Crippen LogP contribution in [0, 0.1) is 12.8 Å². The van der Waals surface area contributed by atoms with Gasteiger partial charge in [-0.1, -0.05) is 42.0 Å². The molecular formula is C19H22O. The average Bonchev–Trinajstić information content (AvgIpc) is 3.26. The molecule has 0 amide bonds. The molecule has 20 heavy (non-hydrogen) atoms. The lowest BCUT2D eigenvalue weighted by atomic mass is 10.0. The van der Waals surface area contributed by atoms with Crippen molar-refractivity contribution in [2.75, 3.05) is 7.11 Å². The first-order chi connectivity index (χ1) is 9.76. The molecule has 1 heteroatoms. The van der Waals surface area contributed by atoms with E-state index in [2.05, 4.69) is 55.5 Å². The number of aryl methyl sites for hydroxylation is 2. The van der Waals surface area contributed by atoms with E-state index in [4.69, 9.17) is 4.74 Å². The topological polar surface area (TPSA) is 9.23 Å². The van der Waals surface area contributed by atoms with Gasteiger partial charge in [0.05, 0.1) is 7.11 Å². The van der Waals surface area contributed by atoms with E-state index in [1.807, 2.05) is 0 Å². The molecule has 1 aliphatic carbocycles. The molecule has 3 rings (SSSR count). The molecule has 0 aromatic heterocycles. The van der Waals surface area contributed by atoms with Gasteiger partial charge in [-0.3, -0.25) is 0 Å². The molecule has 0 bridgehead atoms. The SMILES string of the molecule is COc1ccc(CC[C@H]2CC2c2ccc(C)cc2)cc1. The van der Waals surface area contributed by atoms with Crippen LogP contribution in [0.25, 0.3) is 0 Å². The van der Waals surface area contributed by atoms with Crippen molar-refractivity contribution in [2.24, 2.45) is 5.92 Å². The lowest BCUT2D eigenvalue weighted by molar-refractivity contribution is 0.414. The number of benzene rings is 2. The van der Waals surface area contributed by atoms with Crippen molar-refractivity contribution in [1.82, 2.24) is 0 Å². The van der Waals surface area contributed by atoms with Gasteiger partial charge in [0.15, 0.2) is 0 Å². The third kappa shape index (κ3) is 3.04. The van der Waals surface area contributed by atoms with E-state index < -0.39 is 0 Å². The van der Waals surface area contributed by atoms with E-state index >= 15 is 0 Å². The maximum absolute atomic E-state index is 5.19. The summed E-state index contributed by atoms with van der Waals surface area (Å²) in [4.78, 5) is 0. The van der Waals surface area contributed by atoms with Crippen molar-refractivity contribution in [3.63, 3.8) is 0 Å². The van der Waals surface area contributed by atoms with Gasteiger partial charge in [-0.25, -0.2) is 0 Å². The van der Waals surface area contributed by atoms with Gasteiger partial charge in [-0.2, -0.15) is 0 Å². The van der Waals surface area contributed by atoms with E-state index in [0.717, 1.165) is 17.6 Å². The number of hydrogen-bond donors (Lipinski definition) is 0. The Morgan fingerprint density at radius 3 is 2.35 bits per heavy atom. The van der Waals surface area contributed by atoms with Crippen molar-refractivity contribution < 1.29 is 4.74 Å². The molecule has 1 aliphatic rings. The Balaban J connectivity index is 1.51. The summed E-state index contributed by atoms with van der Waals surface area (Å²) < 4.78 is 5.19. The Morgan fingerprint density at radius 1 is 1.00 bits per heavy atom. The standard InChI is InChI=1S/C19H22O/c1-14-3-8-16(9-4-14)19-13-17(19)10-5-15-6-11-18(20-2)12-7-15/h3-4,6-9,11-12,17,19H,5,10,13H2,1-2H3/t17-,19?/m0/s1. The van der Waals surface area contributed by atoms with Gasteiger partial charge >= 0.3 is 0 Å². The molecule has 1 unspecified atom stereocenters. The van der Waals surface area contributed by atoms with Crippen LogP contribution in [0.1, 0.15) is 35.4 Å². The predicted molar refractivity (Wildman–Crippen MR) is 83.3 cm³/mol. The molecule has 0 aliphatic heterocycles. The summed E-state index contributed by atoms with van der Waals surface area (Å²) in [6, 6.07) is 17.5. The second kappa shape index (κ2) is 5.70. The zero-order valence-corrected chi connectivity index (χ0v) is 12.3. The molecular weight excluding hydrogens is 244 g/mol. The second-order valence-electron chi connectivity index (χ2n) is 5.90. The fourth-order valence-electron chi connectivity index (χ4n) is 2.93. The van der Waals surface area contributed by atoms with E-state index in [-0.39, 0.29) is 0 Å². The predicted octanol–water partition coefficient (Wildman–Crippen LogP) is 4.74. The van der Waals surface area contributed by atoms with Crippen molar-refractivity contribution in [1.29, 1.82) is 0 Å². The van der Waals surface area contributed by atoms with Crippen LogP contribution in [-0.4, -0.2) is 7.11 Å². The van der Waals surface area contributed by atoms with Gasteiger partial charge in [0.1, 0.15) is 5.75 Å². The van der Waals surface area contributed by atoms with Crippen molar-refractivity contribution in [3.8, 4) is 5.75 Å². The summed E-state index contributed by atoms with van der Waals surface area (Å²) in [5.41, 5.74) is 4.29. The lowest BCUT2D eigenvalue weighted by Gasteiger charge is -2.04. The van der Waals surface area contributed by atoms with Crippen LogP contribution in [0.5, 0.6) is 5.75 Å². The van der Waals surface area contributed by atoms with Crippen LogP contribution in [0.4, 0.5) is 0 Å². The maximum Gasteiger partial charge on any atom is 0.118 e. The molecule has 104 valence electrons. The summed E-state index contributed by atoms with van der Waals surface area (Å²) in [6.45, 7) is 2.15. The third-order valence-electron chi connectivity index (χ3n) is 4.39. The van der Waals surface area contributed by atoms with E-state index in [1.165, 1.54) is 36.0 Å². The van der Waals surface area contributed by atoms with Crippen LogP contribution in [-0.2, 0) is 6.42 Å². The van der Waals surface area contributed by atoms with Crippen LogP contribution in [0.3, 0.4) is 0 Å². The first-order valence-electron chi connectivity index (χ1n) is 7.46. The first kappa shape index (κ1) is 13.2. The van der Waals surface area contributed by atoms with Crippen LogP contribution in [0.15, 0.2) is 48.5 Å². The van der Waals surface area contributed by atoms with E-state index in [0.29, 0.717) is 0 Å². The Hall–Kier alpha value is -1.76. The summed E-state index contributed by atoms with van der Waals surface area (Å²) in [7, 11) is 1.71. The minimum Gasteiger partial charge on any atom is -0.497 e. The molecule has 0 spiro atoms. The number of methoxy groups -OCH3 is 1. The van der Waals surface area contributed by atoms with E-state index in [1.54, 1.807) is 7.11 Å². The van der Waals surface area contributed by atoms with E-state index in [9.17, 15) is 0 Å². The number of rotatable bonds is 5. The number of ether oxygens (including phenoxy) is 1. The highest BCUT2D eigenvalue weighted by atomic mass is 16.5. The molecule has 1 nitrogen and oxygen atoms in total. The highest BCUT2D eigenvalue weighted by Gasteiger charge is 2.37.